The zero-order chi connectivity index (χ0) is 23.3. The van der Waals surface area contributed by atoms with Gasteiger partial charge in [-0.2, -0.15) is 0 Å². The number of halogens is 2. The zero-order valence-corrected chi connectivity index (χ0v) is 18.9. The molecule has 7 heteroatoms. The SMILES string of the molecule is CCCN(CCC)C(=O)c1cc(C)cc(C(=O)N(Cc2cc(F)cc(F)c2)C[C@H]2CO2)c1. The van der Waals surface area contributed by atoms with Crippen LogP contribution in [-0.4, -0.2) is 54.0 Å². The molecule has 32 heavy (non-hydrogen) atoms. The van der Waals surface area contributed by atoms with Crippen molar-refractivity contribution in [3.8, 4) is 0 Å². The van der Waals surface area contributed by atoms with Gasteiger partial charge in [0.2, 0.25) is 0 Å². The molecule has 1 aliphatic heterocycles. The smallest absolute Gasteiger partial charge is 0.254 e. The van der Waals surface area contributed by atoms with Gasteiger partial charge in [0.1, 0.15) is 11.6 Å². The van der Waals surface area contributed by atoms with E-state index in [9.17, 15) is 18.4 Å². The van der Waals surface area contributed by atoms with Crippen molar-refractivity contribution >= 4 is 11.8 Å². The first-order valence-corrected chi connectivity index (χ1v) is 11.1. The number of aryl methyl sites for hydroxylation is 1. The molecular weight excluding hydrogens is 414 g/mol. The lowest BCUT2D eigenvalue weighted by Crippen LogP contribution is -2.35. The highest BCUT2D eigenvalue weighted by Gasteiger charge is 2.29. The van der Waals surface area contributed by atoms with Crippen LogP contribution in [0.2, 0.25) is 0 Å². The van der Waals surface area contributed by atoms with E-state index >= 15 is 0 Å². The molecule has 0 spiro atoms. The zero-order valence-electron chi connectivity index (χ0n) is 18.9. The van der Waals surface area contributed by atoms with Crippen LogP contribution in [0.1, 0.15) is 58.5 Å². The Kier molecular flexibility index (Phi) is 7.96. The Bertz CT molecular complexity index is 949. The van der Waals surface area contributed by atoms with Crippen LogP contribution in [0.3, 0.4) is 0 Å². The van der Waals surface area contributed by atoms with Crippen molar-refractivity contribution in [2.75, 3.05) is 26.2 Å². The topological polar surface area (TPSA) is 53.2 Å². The van der Waals surface area contributed by atoms with E-state index in [0.29, 0.717) is 42.9 Å². The highest BCUT2D eigenvalue weighted by atomic mass is 19.1. The Hall–Kier alpha value is -2.80. The van der Waals surface area contributed by atoms with Crippen LogP contribution in [0.15, 0.2) is 36.4 Å². The van der Waals surface area contributed by atoms with E-state index in [1.807, 2.05) is 20.8 Å². The molecule has 0 saturated carbocycles. The van der Waals surface area contributed by atoms with Gasteiger partial charge in [-0.3, -0.25) is 9.59 Å². The Balaban J connectivity index is 1.87. The largest absolute Gasteiger partial charge is 0.371 e. The number of carbonyl (C=O) groups excluding carboxylic acids is 2. The molecule has 0 unspecified atom stereocenters. The van der Waals surface area contributed by atoms with Crippen LogP contribution in [-0.2, 0) is 11.3 Å². The third kappa shape index (κ3) is 6.36. The molecule has 1 aliphatic rings. The third-order valence-electron chi connectivity index (χ3n) is 5.25. The van der Waals surface area contributed by atoms with Gasteiger partial charge in [0.25, 0.3) is 11.8 Å². The van der Waals surface area contributed by atoms with Crippen LogP contribution in [0.25, 0.3) is 0 Å². The molecule has 2 aromatic carbocycles. The second-order valence-electron chi connectivity index (χ2n) is 8.30. The molecule has 1 heterocycles. The standard InChI is InChI=1S/C25H30F2N2O3/c1-4-6-28(7-5-2)24(30)19-8-17(3)9-20(12-19)25(31)29(15-23-16-32-23)14-18-10-21(26)13-22(27)11-18/h8-13,23H,4-7,14-16H2,1-3H3/t23-/m0/s1. The molecule has 1 fully saturated rings. The van der Waals surface area contributed by atoms with Gasteiger partial charge in [-0.1, -0.05) is 13.8 Å². The average molecular weight is 445 g/mol. The second kappa shape index (κ2) is 10.7. The molecule has 172 valence electrons. The summed E-state index contributed by atoms with van der Waals surface area (Å²) in [5, 5.41) is 0. The van der Waals surface area contributed by atoms with Gasteiger partial charge in [-0.15, -0.1) is 0 Å². The molecule has 0 aromatic heterocycles. The number of rotatable bonds is 10. The number of hydrogen-bond donors (Lipinski definition) is 0. The van der Waals surface area contributed by atoms with Gasteiger partial charge in [-0.25, -0.2) is 8.78 Å². The maximum absolute atomic E-state index is 13.7. The number of nitrogens with zero attached hydrogens (tertiary/aromatic N) is 2. The fourth-order valence-electron chi connectivity index (χ4n) is 3.81. The Morgan fingerprint density at radius 3 is 1.94 bits per heavy atom. The van der Waals surface area contributed by atoms with Crippen molar-refractivity contribution in [3.63, 3.8) is 0 Å². The van der Waals surface area contributed by atoms with Gasteiger partial charge < -0.3 is 14.5 Å². The monoisotopic (exact) mass is 444 g/mol. The van der Waals surface area contributed by atoms with Gasteiger partial charge in [0, 0.05) is 43.4 Å². The predicted octanol–water partition coefficient (Wildman–Crippen LogP) is 4.58. The Labute approximate surface area is 188 Å². The summed E-state index contributed by atoms with van der Waals surface area (Å²) in [6, 6.07) is 8.37. The lowest BCUT2D eigenvalue weighted by Gasteiger charge is -2.24. The van der Waals surface area contributed by atoms with Crippen LogP contribution in [0, 0.1) is 18.6 Å². The van der Waals surface area contributed by atoms with Crippen LogP contribution < -0.4 is 0 Å². The molecule has 0 N–H and O–H groups in total. The van der Waals surface area contributed by atoms with Crippen molar-refractivity contribution < 1.29 is 23.1 Å². The Morgan fingerprint density at radius 2 is 1.44 bits per heavy atom. The van der Waals surface area contributed by atoms with Gasteiger partial charge >= 0.3 is 0 Å². The van der Waals surface area contributed by atoms with Crippen LogP contribution in [0.4, 0.5) is 8.78 Å². The number of benzene rings is 2. The highest BCUT2D eigenvalue weighted by Crippen LogP contribution is 2.20. The number of ether oxygens (including phenoxy) is 1. The normalized spacial score (nSPS) is 14.8. The van der Waals surface area contributed by atoms with E-state index in [-0.39, 0.29) is 24.5 Å². The van der Waals surface area contributed by atoms with Crippen molar-refractivity contribution in [1.82, 2.24) is 9.80 Å². The van der Waals surface area contributed by atoms with E-state index in [2.05, 4.69) is 0 Å². The summed E-state index contributed by atoms with van der Waals surface area (Å²) in [4.78, 5) is 29.8. The lowest BCUT2D eigenvalue weighted by atomic mass is 10.0. The highest BCUT2D eigenvalue weighted by molar-refractivity contribution is 6.00. The molecule has 0 aliphatic carbocycles. The fraction of sp³-hybridized carbons (Fsp3) is 0.440. The maximum atomic E-state index is 13.7. The average Bonchev–Trinajstić information content (AvgIpc) is 3.55. The number of hydrogen-bond acceptors (Lipinski definition) is 3. The molecule has 2 amide bonds. The first-order valence-electron chi connectivity index (χ1n) is 11.1. The van der Waals surface area contributed by atoms with Crippen molar-refractivity contribution in [1.29, 1.82) is 0 Å². The minimum Gasteiger partial charge on any atom is -0.371 e. The Morgan fingerprint density at radius 1 is 0.906 bits per heavy atom. The first kappa shape index (κ1) is 23.9. The summed E-state index contributed by atoms with van der Waals surface area (Å²) in [5.74, 6) is -1.79. The second-order valence-corrected chi connectivity index (χ2v) is 8.30. The molecule has 5 nitrogen and oxygen atoms in total. The lowest BCUT2D eigenvalue weighted by molar-refractivity contribution is 0.0729. The maximum Gasteiger partial charge on any atom is 0.254 e. The molecule has 1 atom stereocenters. The summed E-state index contributed by atoms with van der Waals surface area (Å²) in [6.07, 6.45) is 1.61. The summed E-state index contributed by atoms with van der Waals surface area (Å²) >= 11 is 0. The summed E-state index contributed by atoms with van der Waals surface area (Å²) in [6.45, 7) is 8.09. The molecule has 1 saturated heterocycles. The quantitative estimate of drug-likeness (QED) is 0.504. The van der Waals surface area contributed by atoms with E-state index in [1.54, 1.807) is 23.1 Å². The summed E-state index contributed by atoms with van der Waals surface area (Å²) in [5.41, 5.74) is 2.00. The minimum absolute atomic E-state index is 0.0440. The first-order chi connectivity index (χ1) is 15.3. The van der Waals surface area contributed by atoms with E-state index in [4.69, 9.17) is 4.74 Å². The molecule has 0 bridgehead atoms. The molecular formula is C25H30F2N2O3. The van der Waals surface area contributed by atoms with Crippen molar-refractivity contribution in [3.05, 3.63) is 70.3 Å². The van der Waals surface area contributed by atoms with Gasteiger partial charge in [-0.05, 0) is 61.2 Å². The van der Waals surface area contributed by atoms with E-state index in [0.717, 1.165) is 24.5 Å². The third-order valence-corrected chi connectivity index (χ3v) is 5.25. The molecule has 3 rings (SSSR count). The summed E-state index contributed by atoms with van der Waals surface area (Å²) < 4.78 is 32.6. The number of epoxide rings is 1. The fourth-order valence-corrected chi connectivity index (χ4v) is 3.81. The predicted molar refractivity (Wildman–Crippen MR) is 119 cm³/mol. The minimum atomic E-state index is -0.689. The molecule has 0 radical (unpaired) electrons. The summed E-state index contributed by atoms with van der Waals surface area (Å²) in [7, 11) is 0. The van der Waals surface area contributed by atoms with Gasteiger partial charge in [0.15, 0.2) is 0 Å². The van der Waals surface area contributed by atoms with E-state index < -0.39 is 11.6 Å². The molecule has 2 aromatic rings. The van der Waals surface area contributed by atoms with Crippen molar-refractivity contribution in [2.24, 2.45) is 0 Å². The number of amides is 2. The van der Waals surface area contributed by atoms with E-state index in [1.165, 1.54) is 17.0 Å². The van der Waals surface area contributed by atoms with Crippen LogP contribution >= 0.6 is 0 Å². The van der Waals surface area contributed by atoms with Crippen LogP contribution in [0.5, 0.6) is 0 Å². The van der Waals surface area contributed by atoms with Crippen molar-refractivity contribution in [2.45, 2.75) is 46.3 Å². The number of carbonyl (C=O) groups is 2. The van der Waals surface area contributed by atoms with Gasteiger partial charge in [0.05, 0.1) is 12.7 Å².